The molecule has 0 radical (unpaired) electrons. The first-order valence-corrected chi connectivity index (χ1v) is 7.60. The molecular formula is C16H32O. The molecule has 1 heteroatoms. The standard InChI is InChI=1S/C16H32O/c1-5-6-13-7-9-14(10-8-13)15(17)11-12-16(2,3)4/h13-15,17H,5-12H2,1-4H3. The Morgan fingerprint density at radius 3 is 2.18 bits per heavy atom. The summed E-state index contributed by atoms with van der Waals surface area (Å²) in [6, 6.07) is 0. The Morgan fingerprint density at radius 2 is 1.71 bits per heavy atom. The van der Waals surface area contributed by atoms with E-state index in [1.165, 1.54) is 38.5 Å². The summed E-state index contributed by atoms with van der Waals surface area (Å²) in [6.45, 7) is 9.07. The molecule has 1 saturated carbocycles. The maximum atomic E-state index is 10.3. The minimum Gasteiger partial charge on any atom is -0.393 e. The molecule has 0 spiro atoms. The highest BCUT2D eigenvalue weighted by molar-refractivity contribution is 4.78. The lowest BCUT2D eigenvalue weighted by Crippen LogP contribution is -2.26. The van der Waals surface area contributed by atoms with Crippen LogP contribution in [0.15, 0.2) is 0 Å². The second kappa shape index (κ2) is 6.78. The Kier molecular flexibility index (Phi) is 5.99. The summed E-state index contributed by atoms with van der Waals surface area (Å²) in [5.41, 5.74) is 0.362. The van der Waals surface area contributed by atoms with Gasteiger partial charge in [0, 0.05) is 0 Å². The van der Waals surface area contributed by atoms with Crippen molar-refractivity contribution in [1.29, 1.82) is 0 Å². The molecule has 1 N–H and O–H groups in total. The van der Waals surface area contributed by atoms with E-state index in [9.17, 15) is 5.11 Å². The first-order valence-electron chi connectivity index (χ1n) is 7.60. The monoisotopic (exact) mass is 240 g/mol. The molecular weight excluding hydrogens is 208 g/mol. The molecule has 0 bridgehead atoms. The molecule has 0 aromatic heterocycles. The first-order chi connectivity index (χ1) is 7.92. The number of aliphatic hydroxyl groups is 1. The van der Waals surface area contributed by atoms with Crippen LogP contribution in [0.4, 0.5) is 0 Å². The van der Waals surface area contributed by atoms with E-state index < -0.39 is 0 Å². The SMILES string of the molecule is CCCC1CCC(C(O)CCC(C)(C)C)CC1. The summed E-state index contributed by atoms with van der Waals surface area (Å²) in [5.74, 6) is 1.54. The third kappa shape index (κ3) is 5.90. The van der Waals surface area contributed by atoms with E-state index in [4.69, 9.17) is 0 Å². The quantitative estimate of drug-likeness (QED) is 0.733. The normalized spacial score (nSPS) is 28.1. The van der Waals surface area contributed by atoms with Gasteiger partial charge in [-0.1, -0.05) is 53.4 Å². The zero-order valence-electron chi connectivity index (χ0n) is 12.3. The molecule has 1 nitrogen and oxygen atoms in total. The number of aliphatic hydroxyl groups excluding tert-OH is 1. The van der Waals surface area contributed by atoms with Crippen LogP contribution in [-0.4, -0.2) is 11.2 Å². The van der Waals surface area contributed by atoms with Gasteiger partial charge < -0.3 is 5.11 Å². The molecule has 102 valence electrons. The van der Waals surface area contributed by atoms with Crippen molar-refractivity contribution in [1.82, 2.24) is 0 Å². The number of hydrogen-bond donors (Lipinski definition) is 1. The molecule has 1 rings (SSSR count). The van der Waals surface area contributed by atoms with Crippen LogP contribution in [0.3, 0.4) is 0 Å². The Balaban J connectivity index is 2.23. The molecule has 1 aliphatic carbocycles. The van der Waals surface area contributed by atoms with Gasteiger partial charge in [0.2, 0.25) is 0 Å². The Morgan fingerprint density at radius 1 is 1.12 bits per heavy atom. The average Bonchev–Trinajstić information content (AvgIpc) is 2.26. The molecule has 0 saturated heterocycles. The average molecular weight is 240 g/mol. The predicted octanol–water partition coefficient (Wildman–Crippen LogP) is 4.78. The molecule has 17 heavy (non-hydrogen) atoms. The van der Waals surface area contributed by atoms with Gasteiger partial charge in [-0.15, -0.1) is 0 Å². The fourth-order valence-electron chi connectivity index (χ4n) is 3.09. The van der Waals surface area contributed by atoms with Crippen LogP contribution in [0.2, 0.25) is 0 Å². The molecule has 0 aromatic carbocycles. The summed E-state index contributed by atoms with van der Waals surface area (Å²) in [6.07, 6.45) is 10.0. The lowest BCUT2D eigenvalue weighted by Gasteiger charge is -2.32. The largest absolute Gasteiger partial charge is 0.393 e. The third-order valence-corrected chi connectivity index (χ3v) is 4.32. The van der Waals surface area contributed by atoms with Gasteiger partial charge in [-0.25, -0.2) is 0 Å². The van der Waals surface area contributed by atoms with Crippen molar-refractivity contribution >= 4 is 0 Å². The fourth-order valence-corrected chi connectivity index (χ4v) is 3.09. The second-order valence-electron chi connectivity index (χ2n) is 7.24. The highest BCUT2D eigenvalue weighted by Gasteiger charge is 2.26. The zero-order chi connectivity index (χ0) is 12.9. The van der Waals surface area contributed by atoms with Gasteiger partial charge in [-0.05, 0) is 42.9 Å². The van der Waals surface area contributed by atoms with Gasteiger partial charge >= 0.3 is 0 Å². The van der Waals surface area contributed by atoms with Crippen LogP contribution >= 0.6 is 0 Å². The van der Waals surface area contributed by atoms with Crippen molar-refractivity contribution in [3.05, 3.63) is 0 Å². The highest BCUT2D eigenvalue weighted by Crippen LogP contribution is 2.35. The molecule has 1 atom stereocenters. The van der Waals surface area contributed by atoms with Gasteiger partial charge in [0.05, 0.1) is 6.10 Å². The van der Waals surface area contributed by atoms with Crippen LogP contribution in [0, 0.1) is 17.3 Å². The maximum absolute atomic E-state index is 10.3. The van der Waals surface area contributed by atoms with E-state index in [0.29, 0.717) is 11.3 Å². The van der Waals surface area contributed by atoms with Crippen LogP contribution < -0.4 is 0 Å². The van der Waals surface area contributed by atoms with Crippen molar-refractivity contribution in [2.45, 2.75) is 85.2 Å². The Bertz CT molecular complexity index is 196. The smallest absolute Gasteiger partial charge is 0.0568 e. The van der Waals surface area contributed by atoms with Crippen LogP contribution in [0.5, 0.6) is 0 Å². The van der Waals surface area contributed by atoms with Gasteiger partial charge in [0.25, 0.3) is 0 Å². The topological polar surface area (TPSA) is 20.2 Å². The van der Waals surface area contributed by atoms with Crippen molar-refractivity contribution in [3.8, 4) is 0 Å². The Hall–Kier alpha value is -0.0400. The third-order valence-electron chi connectivity index (χ3n) is 4.32. The maximum Gasteiger partial charge on any atom is 0.0568 e. The van der Waals surface area contributed by atoms with E-state index in [0.717, 1.165) is 18.8 Å². The van der Waals surface area contributed by atoms with Crippen LogP contribution in [0.25, 0.3) is 0 Å². The second-order valence-corrected chi connectivity index (χ2v) is 7.24. The minimum atomic E-state index is -0.0446. The van der Waals surface area contributed by atoms with E-state index in [1.807, 2.05) is 0 Å². The lowest BCUT2D eigenvalue weighted by atomic mass is 9.76. The zero-order valence-corrected chi connectivity index (χ0v) is 12.3. The summed E-state index contributed by atoms with van der Waals surface area (Å²) in [4.78, 5) is 0. The summed E-state index contributed by atoms with van der Waals surface area (Å²) in [5, 5.41) is 10.3. The summed E-state index contributed by atoms with van der Waals surface area (Å²) in [7, 11) is 0. The molecule has 0 amide bonds. The van der Waals surface area contributed by atoms with Crippen molar-refractivity contribution < 1.29 is 5.11 Å². The number of hydrogen-bond acceptors (Lipinski definition) is 1. The van der Waals surface area contributed by atoms with E-state index in [1.54, 1.807) is 0 Å². The first kappa shape index (κ1) is 15.0. The lowest BCUT2D eigenvalue weighted by molar-refractivity contribution is 0.0565. The van der Waals surface area contributed by atoms with Crippen molar-refractivity contribution in [3.63, 3.8) is 0 Å². The van der Waals surface area contributed by atoms with Crippen molar-refractivity contribution in [2.75, 3.05) is 0 Å². The van der Waals surface area contributed by atoms with E-state index >= 15 is 0 Å². The van der Waals surface area contributed by atoms with E-state index in [2.05, 4.69) is 27.7 Å². The van der Waals surface area contributed by atoms with Crippen LogP contribution in [0.1, 0.15) is 79.1 Å². The van der Waals surface area contributed by atoms with Gasteiger partial charge in [0.1, 0.15) is 0 Å². The molecule has 0 aromatic rings. The minimum absolute atomic E-state index is 0.0446. The fraction of sp³-hybridized carbons (Fsp3) is 1.00. The number of rotatable bonds is 5. The van der Waals surface area contributed by atoms with Gasteiger partial charge in [-0.3, -0.25) is 0 Å². The molecule has 1 unspecified atom stereocenters. The van der Waals surface area contributed by atoms with Gasteiger partial charge in [0.15, 0.2) is 0 Å². The molecule has 1 aliphatic rings. The molecule has 0 heterocycles. The van der Waals surface area contributed by atoms with Gasteiger partial charge in [-0.2, -0.15) is 0 Å². The highest BCUT2D eigenvalue weighted by atomic mass is 16.3. The summed E-state index contributed by atoms with van der Waals surface area (Å²) >= 11 is 0. The van der Waals surface area contributed by atoms with E-state index in [-0.39, 0.29) is 6.10 Å². The molecule has 1 fully saturated rings. The Labute approximate surface area is 108 Å². The van der Waals surface area contributed by atoms with Crippen LogP contribution in [-0.2, 0) is 0 Å². The van der Waals surface area contributed by atoms with Crippen molar-refractivity contribution in [2.24, 2.45) is 17.3 Å². The predicted molar refractivity (Wildman–Crippen MR) is 75.1 cm³/mol. The summed E-state index contributed by atoms with van der Waals surface area (Å²) < 4.78 is 0. The molecule has 0 aliphatic heterocycles.